The molecular weight excluding hydrogens is 307 g/mol. The van der Waals surface area contributed by atoms with Gasteiger partial charge in [0.25, 0.3) is 0 Å². The van der Waals surface area contributed by atoms with Crippen LogP contribution >= 0.6 is 11.6 Å². The van der Waals surface area contributed by atoms with Gasteiger partial charge in [0.1, 0.15) is 5.82 Å². The second kappa shape index (κ2) is 6.06. The maximum atomic E-state index is 13.5. The van der Waals surface area contributed by atoms with Gasteiger partial charge in [-0.15, -0.1) is 0 Å². The number of carbonyl (C=O) groups excluding carboxylic acids is 1. The van der Waals surface area contributed by atoms with E-state index in [0.29, 0.717) is 25.2 Å². The fourth-order valence-electron chi connectivity index (χ4n) is 2.56. The van der Waals surface area contributed by atoms with E-state index in [9.17, 15) is 9.18 Å². The number of rotatable bonds is 4. The minimum Gasteiger partial charge on any atom is -0.337 e. The zero-order chi connectivity index (χ0) is 15.7. The molecule has 1 aromatic carbocycles. The number of aryl methyl sites for hydroxylation is 1. The quantitative estimate of drug-likeness (QED) is 0.938. The van der Waals surface area contributed by atoms with E-state index in [4.69, 9.17) is 11.6 Å². The molecule has 1 fully saturated rings. The van der Waals surface area contributed by atoms with Crippen LogP contribution in [-0.4, -0.2) is 28.0 Å². The second-order valence-corrected chi connectivity index (χ2v) is 5.71. The molecule has 7 heteroatoms. The largest absolute Gasteiger partial charge is 0.337 e. The number of amides is 1. The Morgan fingerprint density at radius 3 is 3.00 bits per heavy atom. The number of hydrogen-bond donors (Lipinski definition) is 1. The summed E-state index contributed by atoms with van der Waals surface area (Å²) in [5, 5.41) is 3.29. The fourth-order valence-corrected chi connectivity index (χ4v) is 2.68. The van der Waals surface area contributed by atoms with E-state index >= 15 is 0 Å². The molecule has 2 heterocycles. The number of nitrogens with zero attached hydrogens (tertiary/aromatic N) is 3. The molecule has 116 valence electrons. The average Bonchev–Trinajstić information content (AvgIpc) is 3.06. The van der Waals surface area contributed by atoms with Crippen LogP contribution in [0.2, 0.25) is 5.02 Å². The first kappa shape index (κ1) is 15.0. The van der Waals surface area contributed by atoms with Crippen molar-refractivity contribution in [2.75, 3.05) is 11.4 Å². The maximum absolute atomic E-state index is 13.5. The van der Waals surface area contributed by atoms with Gasteiger partial charge in [0.15, 0.2) is 0 Å². The van der Waals surface area contributed by atoms with Crippen LogP contribution in [0.4, 0.5) is 10.1 Å². The van der Waals surface area contributed by atoms with Crippen LogP contribution < -0.4 is 10.2 Å². The van der Waals surface area contributed by atoms with Gasteiger partial charge < -0.3 is 14.8 Å². The third-order valence-electron chi connectivity index (χ3n) is 3.87. The molecule has 22 heavy (non-hydrogen) atoms. The van der Waals surface area contributed by atoms with Crippen LogP contribution in [0.1, 0.15) is 12.1 Å². The molecule has 0 radical (unpaired) electrons. The van der Waals surface area contributed by atoms with Gasteiger partial charge in [-0.3, -0.25) is 4.79 Å². The molecular formula is C15H16ClFN4O. The lowest BCUT2D eigenvalue weighted by Crippen LogP contribution is -2.38. The monoisotopic (exact) mass is 322 g/mol. The van der Waals surface area contributed by atoms with Crippen LogP contribution in [0.3, 0.4) is 0 Å². The van der Waals surface area contributed by atoms with E-state index in [-0.39, 0.29) is 17.0 Å². The molecule has 1 amide bonds. The summed E-state index contributed by atoms with van der Waals surface area (Å²) in [6.45, 7) is 1.12. The minimum atomic E-state index is -0.515. The van der Waals surface area contributed by atoms with Crippen molar-refractivity contribution >= 4 is 23.2 Å². The van der Waals surface area contributed by atoms with Gasteiger partial charge in [0, 0.05) is 32.0 Å². The molecule has 2 aromatic rings. The van der Waals surface area contributed by atoms with E-state index in [2.05, 4.69) is 10.3 Å². The van der Waals surface area contributed by atoms with Crippen LogP contribution in [-0.2, 0) is 18.4 Å². The zero-order valence-corrected chi connectivity index (χ0v) is 12.8. The first-order valence-electron chi connectivity index (χ1n) is 7.01. The lowest BCUT2D eigenvalue weighted by Gasteiger charge is -2.17. The minimum absolute atomic E-state index is 0.0520. The van der Waals surface area contributed by atoms with Gasteiger partial charge in [0.2, 0.25) is 5.91 Å². The van der Waals surface area contributed by atoms with E-state index in [1.165, 1.54) is 12.1 Å². The summed E-state index contributed by atoms with van der Waals surface area (Å²) in [5.74, 6) is -0.567. The number of benzene rings is 1. The number of anilines is 1. The van der Waals surface area contributed by atoms with E-state index in [1.54, 1.807) is 23.5 Å². The highest BCUT2D eigenvalue weighted by atomic mass is 35.5. The van der Waals surface area contributed by atoms with E-state index in [0.717, 1.165) is 5.69 Å². The van der Waals surface area contributed by atoms with Crippen LogP contribution in [0.5, 0.6) is 0 Å². The number of imidazole rings is 1. The Morgan fingerprint density at radius 1 is 1.50 bits per heavy atom. The van der Waals surface area contributed by atoms with Gasteiger partial charge in [-0.05, 0) is 24.6 Å². The highest BCUT2D eigenvalue weighted by Gasteiger charge is 2.32. The standard InChI is InChI=1S/C15H16ClFN4O/c1-20-9-18-7-11(20)8-19-14-4-5-21(15(14)22)10-2-3-12(16)13(17)6-10/h2-3,6-7,9,14,19H,4-5,8H2,1H3/t14-/m0/s1. The summed E-state index contributed by atoms with van der Waals surface area (Å²) in [4.78, 5) is 18.1. The first-order valence-corrected chi connectivity index (χ1v) is 7.39. The molecule has 0 bridgehead atoms. The Morgan fingerprint density at radius 2 is 2.32 bits per heavy atom. The van der Waals surface area contributed by atoms with Crippen molar-refractivity contribution in [2.24, 2.45) is 7.05 Å². The summed E-state index contributed by atoms with van der Waals surface area (Å²) >= 11 is 5.67. The average molecular weight is 323 g/mol. The van der Waals surface area contributed by atoms with Crippen LogP contribution in [0, 0.1) is 5.82 Å². The molecule has 5 nitrogen and oxygen atoms in total. The number of hydrogen-bond acceptors (Lipinski definition) is 3. The van der Waals surface area contributed by atoms with Crippen LogP contribution in [0.15, 0.2) is 30.7 Å². The van der Waals surface area contributed by atoms with Gasteiger partial charge in [-0.25, -0.2) is 9.37 Å². The molecule has 1 aromatic heterocycles. The molecule has 3 rings (SSSR count). The molecule has 1 saturated heterocycles. The Bertz CT molecular complexity index is 703. The number of halogens is 2. The molecule has 1 N–H and O–H groups in total. The van der Waals surface area contributed by atoms with Gasteiger partial charge in [-0.1, -0.05) is 11.6 Å². The molecule has 0 aliphatic carbocycles. The predicted octanol–water partition coefficient (Wildman–Crippen LogP) is 2.11. The fraction of sp³-hybridized carbons (Fsp3) is 0.333. The molecule has 1 aliphatic heterocycles. The van der Waals surface area contributed by atoms with Crippen molar-refractivity contribution in [1.82, 2.24) is 14.9 Å². The lowest BCUT2D eigenvalue weighted by molar-refractivity contribution is -0.118. The topological polar surface area (TPSA) is 50.2 Å². The Kier molecular flexibility index (Phi) is 4.13. The number of aromatic nitrogens is 2. The summed E-state index contributed by atoms with van der Waals surface area (Å²) in [7, 11) is 1.91. The summed E-state index contributed by atoms with van der Waals surface area (Å²) in [6.07, 6.45) is 4.16. The predicted molar refractivity (Wildman–Crippen MR) is 82.2 cm³/mol. The Labute approximate surface area is 132 Å². The molecule has 0 spiro atoms. The summed E-state index contributed by atoms with van der Waals surface area (Å²) < 4.78 is 15.4. The van der Waals surface area contributed by atoms with Crippen molar-refractivity contribution in [1.29, 1.82) is 0 Å². The zero-order valence-electron chi connectivity index (χ0n) is 12.1. The van der Waals surface area contributed by atoms with E-state index < -0.39 is 5.82 Å². The highest BCUT2D eigenvalue weighted by molar-refractivity contribution is 6.30. The number of carbonyl (C=O) groups is 1. The van der Waals surface area contributed by atoms with Crippen molar-refractivity contribution < 1.29 is 9.18 Å². The normalized spacial score (nSPS) is 18.2. The van der Waals surface area contributed by atoms with Gasteiger partial charge >= 0.3 is 0 Å². The van der Waals surface area contributed by atoms with Gasteiger partial charge in [-0.2, -0.15) is 0 Å². The van der Waals surface area contributed by atoms with Gasteiger partial charge in [0.05, 0.1) is 23.1 Å². The van der Waals surface area contributed by atoms with Crippen molar-refractivity contribution in [2.45, 2.75) is 19.0 Å². The third kappa shape index (κ3) is 2.84. The Balaban J connectivity index is 1.67. The smallest absolute Gasteiger partial charge is 0.244 e. The van der Waals surface area contributed by atoms with Crippen molar-refractivity contribution in [3.8, 4) is 0 Å². The summed E-state index contributed by atoms with van der Waals surface area (Å²) in [5.41, 5.74) is 1.54. The summed E-state index contributed by atoms with van der Waals surface area (Å²) in [6, 6.07) is 4.15. The van der Waals surface area contributed by atoms with Crippen molar-refractivity contribution in [3.05, 3.63) is 47.3 Å². The Hall–Kier alpha value is -1.92. The SMILES string of the molecule is Cn1cncc1CN[C@H]1CCN(c2ccc(Cl)c(F)c2)C1=O. The third-order valence-corrected chi connectivity index (χ3v) is 4.17. The van der Waals surface area contributed by atoms with Crippen LogP contribution in [0.25, 0.3) is 0 Å². The molecule has 1 aliphatic rings. The van der Waals surface area contributed by atoms with E-state index in [1.807, 2.05) is 11.6 Å². The lowest BCUT2D eigenvalue weighted by atomic mass is 10.2. The van der Waals surface area contributed by atoms with Crippen molar-refractivity contribution in [3.63, 3.8) is 0 Å². The number of nitrogens with one attached hydrogen (secondary N) is 1. The maximum Gasteiger partial charge on any atom is 0.244 e. The molecule has 0 unspecified atom stereocenters. The highest BCUT2D eigenvalue weighted by Crippen LogP contribution is 2.25. The molecule has 1 atom stereocenters. The second-order valence-electron chi connectivity index (χ2n) is 5.31. The molecule has 0 saturated carbocycles. The first-order chi connectivity index (χ1) is 10.6.